The van der Waals surface area contributed by atoms with Crippen LogP contribution in [-0.4, -0.2) is 51.3 Å². The maximum Gasteiger partial charge on any atom is 0.244 e. The molecule has 3 amide bonds. The summed E-state index contributed by atoms with van der Waals surface area (Å²) in [6.45, 7) is 1.29. The van der Waals surface area contributed by atoms with Crippen molar-refractivity contribution in [3.8, 4) is 5.75 Å². The van der Waals surface area contributed by atoms with Gasteiger partial charge >= 0.3 is 0 Å². The number of nitrogens with zero attached hydrogens (tertiary/aromatic N) is 3. The van der Waals surface area contributed by atoms with E-state index in [1.165, 1.54) is 4.90 Å². The summed E-state index contributed by atoms with van der Waals surface area (Å²) in [5.74, 6) is -1.28. The van der Waals surface area contributed by atoms with E-state index in [4.69, 9.17) is 4.74 Å². The van der Waals surface area contributed by atoms with Crippen LogP contribution in [0.1, 0.15) is 35.7 Å². The molecule has 3 aromatic rings. The predicted octanol–water partition coefficient (Wildman–Crippen LogP) is 3.04. The van der Waals surface area contributed by atoms with Gasteiger partial charge in [-0.15, -0.1) is 0 Å². The molecule has 38 heavy (non-hydrogen) atoms. The first kappa shape index (κ1) is 24.4. The van der Waals surface area contributed by atoms with Crippen LogP contribution in [0.5, 0.6) is 5.75 Å². The largest absolute Gasteiger partial charge is 0.497 e. The van der Waals surface area contributed by atoms with Crippen LogP contribution in [0, 0.1) is 11.8 Å². The highest BCUT2D eigenvalue weighted by molar-refractivity contribution is 6.10. The molecule has 3 fully saturated rings. The molecule has 0 radical (unpaired) electrons. The van der Waals surface area contributed by atoms with E-state index in [0.29, 0.717) is 25.3 Å². The molecule has 0 unspecified atom stereocenters. The van der Waals surface area contributed by atoms with Crippen molar-refractivity contribution in [2.45, 2.75) is 37.5 Å². The summed E-state index contributed by atoms with van der Waals surface area (Å²) in [7, 11) is 3.57. The number of nitrogens with one attached hydrogen (secondary N) is 1. The zero-order valence-electron chi connectivity index (χ0n) is 21.7. The van der Waals surface area contributed by atoms with Crippen molar-refractivity contribution in [1.82, 2.24) is 19.7 Å². The summed E-state index contributed by atoms with van der Waals surface area (Å²) >= 11 is 0. The molecule has 4 heterocycles. The van der Waals surface area contributed by atoms with Gasteiger partial charge in [0.2, 0.25) is 17.7 Å². The van der Waals surface area contributed by atoms with Gasteiger partial charge in [-0.2, -0.15) is 0 Å². The number of aromatic nitrogens is 1. The monoisotopic (exact) mass is 512 g/mol. The first-order valence-corrected chi connectivity index (χ1v) is 13.1. The number of hydrogen-bond acceptors (Lipinski definition) is 5. The van der Waals surface area contributed by atoms with Gasteiger partial charge in [-0.1, -0.05) is 42.5 Å². The lowest BCUT2D eigenvalue weighted by Crippen LogP contribution is -2.63. The molecule has 0 aliphatic carbocycles. The Morgan fingerprint density at radius 3 is 2.39 bits per heavy atom. The second-order valence-electron chi connectivity index (χ2n) is 10.6. The van der Waals surface area contributed by atoms with Gasteiger partial charge in [-0.05, 0) is 48.2 Å². The van der Waals surface area contributed by atoms with Crippen LogP contribution >= 0.6 is 0 Å². The number of methoxy groups -OCH3 is 1. The lowest BCUT2D eigenvalue weighted by molar-refractivity contribution is -0.150. The quantitative estimate of drug-likeness (QED) is 0.514. The van der Waals surface area contributed by atoms with Crippen molar-refractivity contribution < 1.29 is 19.1 Å². The number of ether oxygens (including phenoxy) is 1. The van der Waals surface area contributed by atoms with Gasteiger partial charge in [0.25, 0.3) is 0 Å². The lowest BCUT2D eigenvalue weighted by atomic mass is 9.74. The fourth-order valence-electron chi connectivity index (χ4n) is 6.55. The molecule has 3 saturated heterocycles. The van der Waals surface area contributed by atoms with Gasteiger partial charge in [0.05, 0.1) is 32.0 Å². The van der Waals surface area contributed by atoms with Crippen LogP contribution in [0.25, 0.3) is 0 Å². The summed E-state index contributed by atoms with van der Waals surface area (Å²) in [6, 6.07) is 20.6. The highest BCUT2D eigenvalue weighted by Gasteiger charge is 2.69. The van der Waals surface area contributed by atoms with Crippen LogP contribution in [0.4, 0.5) is 0 Å². The number of hydrogen-bond donors (Lipinski definition) is 1. The maximum atomic E-state index is 14.3. The lowest BCUT2D eigenvalue weighted by Gasteiger charge is -2.42. The number of benzene rings is 2. The first-order valence-electron chi connectivity index (χ1n) is 13.1. The van der Waals surface area contributed by atoms with E-state index in [1.807, 2.05) is 89.4 Å². The number of aryl methyl sites for hydroxylation is 1. The minimum absolute atomic E-state index is 0.0985. The summed E-state index contributed by atoms with van der Waals surface area (Å²) < 4.78 is 7.33. The molecule has 196 valence electrons. The fraction of sp³-hybridized carbons (Fsp3) is 0.367. The Morgan fingerprint density at radius 2 is 1.71 bits per heavy atom. The molecule has 0 bridgehead atoms. The van der Waals surface area contributed by atoms with E-state index in [-0.39, 0.29) is 24.3 Å². The van der Waals surface area contributed by atoms with E-state index in [0.717, 1.165) is 23.2 Å². The summed E-state index contributed by atoms with van der Waals surface area (Å²) in [5.41, 5.74) is 1.65. The van der Waals surface area contributed by atoms with E-state index in [9.17, 15) is 14.4 Å². The van der Waals surface area contributed by atoms with Crippen LogP contribution in [-0.2, 0) is 34.5 Å². The standard InChI is InChI=1S/C30H32N4O4/c1-32-16-6-10-22(32)19-33-17-7-15-30(29(33)37)25-24(26(31-30)21-11-13-23(38-2)14-12-21)27(35)34(28(25)36)18-20-8-4-3-5-9-20/h3-6,8-14,16,24-26,31H,7,15,17-19H2,1-2H3/t24-,25-,26-,30-/m1/s1. The van der Waals surface area contributed by atoms with Gasteiger partial charge < -0.3 is 14.2 Å². The van der Waals surface area contributed by atoms with Crippen molar-refractivity contribution in [3.05, 3.63) is 89.7 Å². The number of fused-ring (bicyclic) bond motifs is 2. The van der Waals surface area contributed by atoms with E-state index >= 15 is 0 Å². The van der Waals surface area contributed by atoms with Crippen LogP contribution in [0.15, 0.2) is 72.9 Å². The summed E-state index contributed by atoms with van der Waals surface area (Å²) in [4.78, 5) is 45.5. The van der Waals surface area contributed by atoms with Crippen molar-refractivity contribution in [2.24, 2.45) is 18.9 Å². The van der Waals surface area contributed by atoms with E-state index in [1.54, 1.807) is 7.11 Å². The van der Waals surface area contributed by atoms with Gasteiger partial charge in [-0.3, -0.25) is 24.6 Å². The zero-order chi connectivity index (χ0) is 26.4. The molecule has 1 N–H and O–H groups in total. The minimum atomic E-state index is -1.13. The van der Waals surface area contributed by atoms with Crippen molar-refractivity contribution in [1.29, 1.82) is 0 Å². The number of rotatable bonds is 6. The third-order valence-electron chi connectivity index (χ3n) is 8.48. The average molecular weight is 513 g/mol. The topological polar surface area (TPSA) is 83.9 Å². The fourth-order valence-corrected chi connectivity index (χ4v) is 6.55. The number of piperidine rings is 1. The smallest absolute Gasteiger partial charge is 0.244 e. The van der Waals surface area contributed by atoms with Crippen LogP contribution in [0.2, 0.25) is 0 Å². The number of carbonyl (C=O) groups excluding carboxylic acids is 3. The van der Waals surface area contributed by atoms with Crippen molar-refractivity contribution >= 4 is 17.7 Å². The third-order valence-corrected chi connectivity index (χ3v) is 8.48. The number of likely N-dealkylation sites (tertiary alicyclic amines) is 2. The van der Waals surface area contributed by atoms with Gasteiger partial charge in [-0.25, -0.2) is 0 Å². The SMILES string of the molecule is COc1ccc([C@H]2N[C@]3(CCCN(Cc4cccn4C)C3=O)[C@H]3C(=O)N(Cc4ccccc4)C(=O)[C@@H]23)cc1. The Morgan fingerprint density at radius 1 is 0.947 bits per heavy atom. The van der Waals surface area contributed by atoms with E-state index in [2.05, 4.69) is 5.32 Å². The molecule has 6 rings (SSSR count). The van der Waals surface area contributed by atoms with Crippen molar-refractivity contribution in [3.63, 3.8) is 0 Å². The molecule has 3 aliphatic heterocycles. The Labute approximate surface area is 222 Å². The Bertz CT molecular complexity index is 1370. The second-order valence-corrected chi connectivity index (χ2v) is 10.6. The van der Waals surface area contributed by atoms with Crippen LogP contribution in [0.3, 0.4) is 0 Å². The van der Waals surface area contributed by atoms with Gasteiger partial charge in [0, 0.05) is 31.5 Å². The Balaban J connectivity index is 1.39. The first-order chi connectivity index (χ1) is 18.4. The molecule has 8 nitrogen and oxygen atoms in total. The molecular formula is C30H32N4O4. The molecule has 2 aromatic carbocycles. The number of carbonyl (C=O) groups is 3. The van der Waals surface area contributed by atoms with Gasteiger partial charge in [0.1, 0.15) is 11.3 Å². The van der Waals surface area contributed by atoms with E-state index < -0.39 is 23.4 Å². The molecule has 0 saturated carbocycles. The number of amides is 3. The van der Waals surface area contributed by atoms with Crippen LogP contribution < -0.4 is 10.1 Å². The zero-order valence-corrected chi connectivity index (χ0v) is 21.7. The highest BCUT2D eigenvalue weighted by Crippen LogP contribution is 2.52. The minimum Gasteiger partial charge on any atom is -0.497 e. The normalized spacial score (nSPS) is 26.9. The number of imide groups is 1. The van der Waals surface area contributed by atoms with Gasteiger partial charge in [0.15, 0.2) is 0 Å². The summed E-state index contributed by atoms with van der Waals surface area (Å²) in [5, 5.41) is 3.57. The molecule has 3 aliphatic rings. The highest BCUT2D eigenvalue weighted by atomic mass is 16.5. The molecule has 1 aromatic heterocycles. The average Bonchev–Trinajstić information content (AvgIpc) is 3.58. The Hall–Kier alpha value is -3.91. The molecule has 4 atom stereocenters. The Kier molecular flexibility index (Phi) is 6.07. The second kappa shape index (κ2) is 9.44. The molecule has 8 heteroatoms. The molecular weight excluding hydrogens is 480 g/mol. The van der Waals surface area contributed by atoms with Crippen molar-refractivity contribution in [2.75, 3.05) is 13.7 Å². The predicted molar refractivity (Wildman–Crippen MR) is 141 cm³/mol. The maximum absolute atomic E-state index is 14.3. The molecule has 1 spiro atoms. The third kappa shape index (κ3) is 3.82. The summed E-state index contributed by atoms with van der Waals surface area (Å²) in [6.07, 6.45) is 3.23.